The molecule has 0 bridgehead atoms. The van der Waals surface area contributed by atoms with Crippen molar-refractivity contribution < 1.29 is 4.79 Å². The maximum absolute atomic E-state index is 12.3. The molecule has 3 heteroatoms. The highest BCUT2D eigenvalue weighted by Gasteiger charge is 2.39. The summed E-state index contributed by atoms with van der Waals surface area (Å²) in [6.45, 7) is 4.75. The predicted molar refractivity (Wildman–Crippen MR) is 69.6 cm³/mol. The molecule has 0 aliphatic heterocycles. The molecule has 0 heterocycles. The lowest BCUT2D eigenvalue weighted by atomic mass is 9.66. The third kappa shape index (κ3) is 3.21. The molecule has 2 aliphatic rings. The van der Waals surface area contributed by atoms with Crippen LogP contribution in [0, 0.1) is 11.3 Å². The molecule has 0 aromatic heterocycles. The Morgan fingerprint density at radius 2 is 2.12 bits per heavy atom. The van der Waals surface area contributed by atoms with Crippen LogP contribution in [0.4, 0.5) is 0 Å². The molecule has 1 amide bonds. The largest absolute Gasteiger partial charge is 0.342 e. The van der Waals surface area contributed by atoms with Gasteiger partial charge in [0.05, 0.1) is 0 Å². The van der Waals surface area contributed by atoms with Crippen molar-refractivity contribution in [1.82, 2.24) is 4.90 Å². The van der Waals surface area contributed by atoms with Crippen molar-refractivity contribution in [2.24, 2.45) is 17.1 Å². The van der Waals surface area contributed by atoms with Crippen molar-refractivity contribution in [1.29, 1.82) is 0 Å². The summed E-state index contributed by atoms with van der Waals surface area (Å²) in [6.07, 6.45) is 7.94. The van der Waals surface area contributed by atoms with Gasteiger partial charge in [-0.15, -0.1) is 0 Å². The van der Waals surface area contributed by atoms with E-state index in [-0.39, 0.29) is 5.41 Å². The van der Waals surface area contributed by atoms with Crippen LogP contribution in [0.5, 0.6) is 0 Å². The van der Waals surface area contributed by atoms with Crippen LogP contribution >= 0.6 is 0 Å². The van der Waals surface area contributed by atoms with Gasteiger partial charge in [-0.2, -0.15) is 0 Å². The van der Waals surface area contributed by atoms with E-state index in [2.05, 4.69) is 11.8 Å². The summed E-state index contributed by atoms with van der Waals surface area (Å²) in [5, 5.41) is 0. The second-order valence-electron chi connectivity index (χ2n) is 6.02. The van der Waals surface area contributed by atoms with Crippen LogP contribution in [0.3, 0.4) is 0 Å². The second-order valence-corrected chi connectivity index (χ2v) is 6.02. The Labute approximate surface area is 105 Å². The molecule has 17 heavy (non-hydrogen) atoms. The van der Waals surface area contributed by atoms with Crippen LogP contribution in [0.15, 0.2) is 0 Å². The fraction of sp³-hybridized carbons (Fsp3) is 0.929. The minimum atomic E-state index is 0.159. The van der Waals surface area contributed by atoms with Gasteiger partial charge in [-0.3, -0.25) is 4.79 Å². The molecule has 2 aliphatic carbocycles. The van der Waals surface area contributed by atoms with Crippen molar-refractivity contribution in [2.75, 3.05) is 19.6 Å². The predicted octanol–water partition coefficient (Wildman–Crippen LogP) is 2.15. The van der Waals surface area contributed by atoms with E-state index in [1.807, 2.05) is 0 Å². The minimum absolute atomic E-state index is 0.159. The number of carbonyl (C=O) groups excluding carboxylic acids is 1. The molecule has 2 saturated carbocycles. The zero-order valence-corrected chi connectivity index (χ0v) is 11.1. The summed E-state index contributed by atoms with van der Waals surface area (Å²) in [7, 11) is 0. The molecule has 0 spiro atoms. The summed E-state index contributed by atoms with van der Waals surface area (Å²) in [6, 6.07) is 0. The van der Waals surface area contributed by atoms with Gasteiger partial charge in [-0.05, 0) is 50.0 Å². The Balaban J connectivity index is 1.85. The van der Waals surface area contributed by atoms with Crippen molar-refractivity contribution in [3.63, 3.8) is 0 Å². The summed E-state index contributed by atoms with van der Waals surface area (Å²) in [5.41, 5.74) is 5.99. The fourth-order valence-electron chi connectivity index (χ4n) is 2.76. The van der Waals surface area contributed by atoms with Crippen LogP contribution in [0.2, 0.25) is 0 Å². The summed E-state index contributed by atoms with van der Waals surface area (Å²) in [5.74, 6) is 1.14. The SMILES string of the molecule is CCCN(CC1CC1)C(=O)CC1(CN)CCC1. The fourth-order valence-corrected chi connectivity index (χ4v) is 2.76. The molecular formula is C14H26N2O. The Morgan fingerprint density at radius 3 is 2.53 bits per heavy atom. The summed E-state index contributed by atoms with van der Waals surface area (Å²) >= 11 is 0. The lowest BCUT2D eigenvalue weighted by molar-refractivity contribution is -0.135. The van der Waals surface area contributed by atoms with E-state index < -0.39 is 0 Å². The molecule has 98 valence electrons. The highest BCUT2D eigenvalue weighted by atomic mass is 16.2. The van der Waals surface area contributed by atoms with Gasteiger partial charge in [0.25, 0.3) is 0 Å². The molecule has 0 saturated heterocycles. The van der Waals surface area contributed by atoms with Gasteiger partial charge in [0, 0.05) is 19.5 Å². The van der Waals surface area contributed by atoms with Crippen LogP contribution in [-0.2, 0) is 4.79 Å². The van der Waals surface area contributed by atoms with Crippen molar-refractivity contribution in [3.05, 3.63) is 0 Å². The van der Waals surface area contributed by atoms with E-state index in [4.69, 9.17) is 5.73 Å². The second kappa shape index (κ2) is 5.38. The van der Waals surface area contributed by atoms with Crippen molar-refractivity contribution >= 4 is 5.91 Å². The van der Waals surface area contributed by atoms with Gasteiger partial charge in [0.1, 0.15) is 0 Å². The molecule has 2 N–H and O–H groups in total. The van der Waals surface area contributed by atoms with Crippen LogP contribution < -0.4 is 5.73 Å². The lowest BCUT2D eigenvalue weighted by Crippen LogP contribution is -2.44. The van der Waals surface area contributed by atoms with Gasteiger partial charge < -0.3 is 10.6 Å². The summed E-state index contributed by atoms with van der Waals surface area (Å²) < 4.78 is 0. The van der Waals surface area contributed by atoms with Crippen LogP contribution in [-0.4, -0.2) is 30.4 Å². The number of nitrogens with two attached hydrogens (primary N) is 1. The molecule has 0 aromatic rings. The Bertz CT molecular complexity index is 264. The maximum atomic E-state index is 12.3. The van der Waals surface area contributed by atoms with E-state index in [1.54, 1.807) is 0 Å². The molecule has 0 radical (unpaired) electrons. The van der Waals surface area contributed by atoms with Gasteiger partial charge in [0.2, 0.25) is 5.91 Å². The van der Waals surface area contributed by atoms with E-state index in [9.17, 15) is 4.79 Å². The molecule has 0 unspecified atom stereocenters. The number of nitrogens with zero attached hydrogens (tertiary/aromatic N) is 1. The molecular weight excluding hydrogens is 212 g/mol. The normalized spacial score (nSPS) is 22.0. The molecule has 0 aromatic carbocycles. The quantitative estimate of drug-likeness (QED) is 0.738. The monoisotopic (exact) mass is 238 g/mol. The number of carbonyl (C=O) groups is 1. The Kier molecular flexibility index (Phi) is 4.08. The van der Waals surface area contributed by atoms with Crippen molar-refractivity contribution in [3.8, 4) is 0 Å². The van der Waals surface area contributed by atoms with Gasteiger partial charge in [0.15, 0.2) is 0 Å². The third-order valence-electron chi connectivity index (χ3n) is 4.40. The molecule has 3 nitrogen and oxygen atoms in total. The highest BCUT2D eigenvalue weighted by Crippen LogP contribution is 2.43. The number of hydrogen-bond acceptors (Lipinski definition) is 2. The number of rotatable bonds is 7. The van der Waals surface area contributed by atoms with E-state index >= 15 is 0 Å². The van der Waals surface area contributed by atoms with Gasteiger partial charge >= 0.3 is 0 Å². The van der Waals surface area contributed by atoms with Crippen LogP contribution in [0.25, 0.3) is 0 Å². The molecule has 0 atom stereocenters. The first-order valence-electron chi connectivity index (χ1n) is 7.17. The number of amides is 1. The average molecular weight is 238 g/mol. The standard InChI is InChI=1S/C14H26N2O/c1-2-8-16(10-12-4-5-12)13(17)9-14(11-15)6-3-7-14/h12H,2-11,15H2,1H3. The first-order chi connectivity index (χ1) is 8.19. The topological polar surface area (TPSA) is 46.3 Å². The van der Waals surface area contributed by atoms with Gasteiger partial charge in [-0.1, -0.05) is 13.3 Å². The average Bonchev–Trinajstić information content (AvgIpc) is 3.06. The zero-order valence-electron chi connectivity index (χ0n) is 11.1. The molecule has 2 rings (SSSR count). The highest BCUT2D eigenvalue weighted by molar-refractivity contribution is 5.77. The third-order valence-corrected chi connectivity index (χ3v) is 4.40. The Morgan fingerprint density at radius 1 is 1.41 bits per heavy atom. The van der Waals surface area contributed by atoms with Crippen LogP contribution in [0.1, 0.15) is 51.9 Å². The van der Waals surface area contributed by atoms with E-state index in [1.165, 1.54) is 19.3 Å². The smallest absolute Gasteiger partial charge is 0.223 e. The first kappa shape index (κ1) is 12.9. The maximum Gasteiger partial charge on any atom is 0.223 e. The minimum Gasteiger partial charge on any atom is -0.342 e. The molecule has 2 fully saturated rings. The zero-order chi connectivity index (χ0) is 12.3. The van der Waals surface area contributed by atoms with E-state index in [0.29, 0.717) is 18.9 Å². The summed E-state index contributed by atoms with van der Waals surface area (Å²) in [4.78, 5) is 14.4. The number of hydrogen-bond donors (Lipinski definition) is 1. The van der Waals surface area contributed by atoms with E-state index in [0.717, 1.165) is 38.3 Å². The van der Waals surface area contributed by atoms with Crippen molar-refractivity contribution in [2.45, 2.75) is 51.9 Å². The Hall–Kier alpha value is -0.570. The van der Waals surface area contributed by atoms with Gasteiger partial charge in [-0.25, -0.2) is 0 Å². The first-order valence-corrected chi connectivity index (χ1v) is 7.17. The lowest BCUT2D eigenvalue weighted by Gasteiger charge is -2.41.